The summed E-state index contributed by atoms with van der Waals surface area (Å²) in [4.78, 5) is 0.341. The van der Waals surface area contributed by atoms with Crippen LogP contribution in [0.15, 0.2) is 89.3 Å². The number of nitrogens with zero attached hydrogens (tertiary/aromatic N) is 1. The van der Waals surface area contributed by atoms with Crippen molar-refractivity contribution in [2.75, 3.05) is 13.1 Å². The Morgan fingerprint density at radius 3 is 2.30 bits per heavy atom. The number of fused-ring (bicyclic) bond motifs is 1. The van der Waals surface area contributed by atoms with Gasteiger partial charge in [-0.3, -0.25) is 0 Å². The third-order valence-corrected chi connectivity index (χ3v) is 6.53. The SMILES string of the molecule is O=S(=O)(c1ccc2ccccc2c1)N1CC=C(C#Cc2ccccc2)CC1. The molecule has 0 saturated heterocycles. The zero-order chi connectivity index (χ0) is 18.7. The largest absolute Gasteiger partial charge is 0.243 e. The van der Waals surface area contributed by atoms with Gasteiger partial charge in [0.25, 0.3) is 0 Å². The highest BCUT2D eigenvalue weighted by molar-refractivity contribution is 7.89. The lowest BCUT2D eigenvalue weighted by Gasteiger charge is -2.24. The quantitative estimate of drug-likeness (QED) is 0.631. The van der Waals surface area contributed by atoms with Gasteiger partial charge in [0.15, 0.2) is 0 Å². The van der Waals surface area contributed by atoms with Crippen LogP contribution in [0.3, 0.4) is 0 Å². The summed E-state index contributed by atoms with van der Waals surface area (Å²) in [7, 11) is -3.50. The lowest BCUT2D eigenvalue weighted by molar-refractivity contribution is 0.434. The molecule has 1 aliphatic rings. The summed E-state index contributed by atoms with van der Waals surface area (Å²) in [5.74, 6) is 6.30. The summed E-state index contributed by atoms with van der Waals surface area (Å²) >= 11 is 0. The van der Waals surface area contributed by atoms with Gasteiger partial charge in [-0.25, -0.2) is 8.42 Å². The van der Waals surface area contributed by atoms with Crippen LogP contribution in [0.25, 0.3) is 10.8 Å². The van der Waals surface area contributed by atoms with Gasteiger partial charge >= 0.3 is 0 Å². The van der Waals surface area contributed by atoms with E-state index in [1.54, 1.807) is 12.1 Å². The Morgan fingerprint density at radius 2 is 1.56 bits per heavy atom. The summed E-state index contributed by atoms with van der Waals surface area (Å²) in [6.45, 7) is 0.804. The highest BCUT2D eigenvalue weighted by Gasteiger charge is 2.25. The molecule has 0 bridgehead atoms. The zero-order valence-electron chi connectivity index (χ0n) is 14.8. The number of benzene rings is 3. The van der Waals surface area contributed by atoms with Gasteiger partial charge in [0.05, 0.1) is 4.90 Å². The molecule has 1 heterocycles. The predicted octanol–water partition coefficient (Wildman–Crippen LogP) is 4.21. The molecule has 3 aromatic rings. The second-order valence-corrected chi connectivity index (χ2v) is 8.41. The van der Waals surface area contributed by atoms with Crippen molar-refractivity contribution in [3.05, 3.63) is 90.0 Å². The van der Waals surface area contributed by atoms with Crippen molar-refractivity contribution in [2.24, 2.45) is 0 Å². The third kappa shape index (κ3) is 3.80. The summed E-state index contributed by atoms with van der Waals surface area (Å²) in [5, 5.41) is 1.97. The zero-order valence-corrected chi connectivity index (χ0v) is 15.6. The van der Waals surface area contributed by atoms with Gasteiger partial charge in [-0.1, -0.05) is 66.4 Å². The molecule has 0 amide bonds. The van der Waals surface area contributed by atoms with Gasteiger partial charge in [0.1, 0.15) is 0 Å². The molecular weight excluding hydrogens is 354 g/mol. The van der Waals surface area contributed by atoms with Crippen molar-refractivity contribution >= 4 is 20.8 Å². The van der Waals surface area contributed by atoms with Gasteiger partial charge in [0.2, 0.25) is 10.0 Å². The molecule has 0 N–H and O–H groups in total. The molecule has 3 aromatic carbocycles. The van der Waals surface area contributed by atoms with Crippen molar-refractivity contribution in [1.29, 1.82) is 0 Å². The standard InChI is InChI=1S/C23H19NO2S/c25-27(26,23-13-12-21-8-4-5-9-22(21)18-23)24-16-14-20(15-17-24)11-10-19-6-2-1-3-7-19/h1-9,12-14,18H,15-17H2. The summed E-state index contributed by atoms with van der Waals surface area (Å²) in [6, 6.07) is 22.9. The van der Waals surface area contributed by atoms with Crippen LogP contribution < -0.4 is 0 Å². The van der Waals surface area contributed by atoms with E-state index < -0.39 is 10.0 Å². The van der Waals surface area contributed by atoms with Gasteiger partial charge < -0.3 is 0 Å². The summed E-state index contributed by atoms with van der Waals surface area (Å²) in [5.41, 5.74) is 1.95. The second-order valence-electron chi connectivity index (χ2n) is 6.47. The highest BCUT2D eigenvalue weighted by Crippen LogP contribution is 2.24. The first kappa shape index (κ1) is 17.5. The van der Waals surface area contributed by atoms with Crippen molar-refractivity contribution in [2.45, 2.75) is 11.3 Å². The van der Waals surface area contributed by atoms with E-state index in [0.29, 0.717) is 24.4 Å². The minimum atomic E-state index is -3.50. The lowest BCUT2D eigenvalue weighted by Crippen LogP contribution is -2.34. The summed E-state index contributed by atoms with van der Waals surface area (Å²) in [6.07, 6.45) is 2.55. The fourth-order valence-corrected chi connectivity index (χ4v) is 4.55. The maximum Gasteiger partial charge on any atom is 0.243 e. The molecule has 27 heavy (non-hydrogen) atoms. The molecule has 0 saturated carbocycles. The van der Waals surface area contributed by atoms with E-state index in [1.807, 2.05) is 66.7 Å². The van der Waals surface area contributed by atoms with E-state index in [4.69, 9.17) is 0 Å². The van der Waals surface area contributed by atoms with Gasteiger partial charge in [-0.05, 0) is 41.5 Å². The molecule has 3 nitrogen and oxygen atoms in total. The van der Waals surface area contributed by atoms with Gasteiger partial charge in [-0.2, -0.15) is 4.31 Å². The summed E-state index contributed by atoms with van der Waals surface area (Å²) < 4.78 is 27.5. The molecule has 134 valence electrons. The monoisotopic (exact) mass is 373 g/mol. The first-order valence-corrected chi connectivity index (χ1v) is 10.3. The molecule has 0 unspecified atom stereocenters. The van der Waals surface area contributed by atoms with Crippen LogP contribution in [-0.4, -0.2) is 25.8 Å². The maximum absolute atomic E-state index is 13.0. The van der Waals surface area contributed by atoms with E-state index in [1.165, 1.54) is 4.31 Å². The Morgan fingerprint density at radius 1 is 0.815 bits per heavy atom. The number of hydrogen-bond acceptors (Lipinski definition) is 2. The van der Waals surface area contributed by atoms with Gasteiger partial charge in [0, 0.05) is 24.2 Å². The molecule has 0 atom stereocenters. The predicted molar refractivity (Wildman–Crippen MR) is 109 cm³/mol. The Labute approximate surface area is 160 Å². The van der Waals surface area contributed by atoms with Crippen LogP contribution in [0.4, 0.5) is 0 Å². The van der Waals surface area contributed by atoms with E-state index in [9.17, 15) is 8.42 Å². The highest BCUT2D eigenvalue weighted by atomic mass is 32.2. The van der Waals surface area contributed by atoms with Crippen molar-refractivity contribution in [3.63, 3.8) is 0 Å². The van der Waals surface area contributed by atoms with Crippen LogP contribution in [0.1, 0.15) is 12.0 Å². The van der Waals surface area contributed by atoms with Crippen LogP contribution in [0.5, 0.6) is 0 Å². The Bertz CT molecular complexity index is 1170. The normalized spacial score (nSPS) is 15.0. The smallest absolute Gasteiger partial charge is 0.207 e. The van der Waals surface area contributed by atoms with Gasteiger partial charge in [-0.15, -0.1) is 0 Å². The average Bonchev–Trinajstić information content (AvgIpc) is 2.73. The Balaban J connectivity index is 1.54. The Kier molecular flexibility index (Phi) is 4.81. The number of rotatable bonds is 2. The first-order chi connectivity index (χ1) is 13.1. The van der Waals surface area contributed by atoms with Crippen molar-refractivity contribution < 1.29 is 8.42 Å². The number of hydrogen-bond donors (Lipinski definition) is 0. The van der Waals surface area contributed by atoms with Crippen LogP contribution in [-0.2, 0) is 10.0 Å². The molecule has 0 spiro atoms. The third-order valence-electron chi connectivity index (χ3n) is 4.67. The Hall–Kier alpha value is -2.87. The molecule has 1 aliphatic heterocycles. The molecule has 4 heteroatoms. The average molecular weight is 373 g/mol. The van der Waals surface area contributed by atoms with E-state index in [2.05, 4.69) is 11.8 Å². The minimum absolute atomic E-state index is 0.341. The first-order valence-electron chi connectivity index (χ1n) is 8.88. The van der Waals surface area contributed by atoms with Crippen LogP contribution >= 0.6 is 0 Å². The maximum atomic E-state index is 13.0. The molecule has 0 fully saturated rings. The molecule has 0 aromatic heterocycles. The fraction of sp³-hybridized carbons (Fsp3) is 0.130. The minimum Gasteiger partial charge on any atom is -0.207 e. The van der Waals surface area contributed by atoms with Crippen molar-refractivity contribution in [1.82, 2.24) is 4.31 Å². The van der Waals surface area contributed by atoms with Crippen LogP contribution in [0, 0.1) is 11.8 Å². The molecule has 0 aliphatic carbocycles. The molecular formula is C23H19NO2S. The molecule has 4 rings (SSSR count). The lowest BCUT2D eigenvalue weighted by atomic mass is 10.1. The van der Waals surface area contributed by atoms with E-state index in [-0.39, 0.29) is 0 Å². The fourth-order valence-electron chi connectivity index (χ4n) is 3.13. The van der Waals surface area contributed by atoms with E-state index >= 15 is 0 Å². The number of sulfonamides is 1. The second kappa shape index (κ2) is 7.40. The topological polar surface area (TPSA) is 37.4 Å². The van der Waals surface area contributed by atoms with Crippen molar-refractivity contribution in [3.8, 4) is 11.8 Å². The molecule has 0 radical (unpaired) electrons. The van der Waals surface area contributed by atoms with Crippen LogP contribution in [0.2, 0.25) is 0 Å². The van der Waals surface area contributed by atoms with E-state index in [0.717, 1.165) is 21.9 Å².